The highest BCUT2D eigenvalue weighted by molar-refractivity contribution is 4.79. The molecule has 0 aromatic carbocycles. The minimum absolute atomic E-state index is 0.306. The largest absolute Gasteiger partial charge is 0.391 e. The van der Waals surface area contributed by atoms with E-state index < -0.39 is 12.1 Å². The van der Waals surface area contributed by atoms with Gasteiger partial charge in [0.25, 0.3) is 0 Å². The van der Waals surface area contributed by atoms with Gasteiger partial charge in [-0.1, -0.05) is 13.8 Å². The summed E-state index contributed by atoms with van der Waals surface area (Å²) in [4.78, 5) is 2.36. The number of nitrogens with zero attached hydrogens (tertiary/aromatic N) is 1. The van der Waals surface area contributed by atoms with E-state index in [2.05, 4.69) is 31.0 Å². The van der Waals surface area contributed by atoms with Gasteiger partial charge in [-0.05, 0) is 58.2 Å². The molecular weight excluding hydrogens is 265 g/mol. The molecule has 0 aliphatic heterocycles. The number of nitrogens with one attached hydrogen (secondary N) is 1. The molecule has 0 heterocycles. The first-order chi connectivity index (χ1) is 9.36. The van der Waals surface area contributed by atoms with Crippen molar-refractivity contribution in [1.82, 2.24) is 10.2 Å². The average molecular weight is 294 g/mol. The first kappa shape index (κ1) is 17.8. The molecule has 1 aliphatic carbocycles. The highest BCUT2D eigenvalue weighted by atomic mass is 19.4. The van der Waals surface area contributed by atoms with Gasteiger partial charge in [0.05, 0.1) is 5.92 Å². The van der Waals surface area contributed by atoms with E-state index >= 15 is 0 Å². The number of likely N-dealkylation sites (N-methyl/N-ethyl adjacent to an activating group) is 1. The van der Waals surface area contributed by atoms with Gasteiger partial charge < -0.3 is 10.2 Å². The van der Waals surface area contributed by atoms with Crippen molar-refractivity contribution >= 4 is 0 Å². The van der Waals surface area contributed by atoms with Crippen LogP contribution in [0.3, 0.4) is 0 Å². The molecule has 1 aliphatic rings. The molecule has 120 valence electrons. The van der Waals surface area contributed by atoms with Crippen molar-refractivity contribution < 1.29 is 13.2 Å². The highest BCUT2D eigenvalue weighted by Gasteiger charge is 2.41. The van der Waals surface area contributed by atoms with Gasteiger partial charge in [0, 0.05) is 12.6 Å². The lowest BCUT2D eigenvalue weighted by Gasteiger charge is -2.31. The standard InChI is InChI=1S/C15H29F3N2/c1-4-20(5-2)11-12(3)19-10-13-6-8-14(9-7-13)15(16,17)18/h12-14,19H,4-11H2,1-3H3. The second kappa shape index (κ2) is 8.23. The second-order valence-corrected chi connectivity index (χ2v) is 6.05. The zero-order chi connectivity index (χ0) is 15.2. The van der Waals surface area contributed by atoms with Crippen molar-refractivity contribution in [3.8, 4) is 0 Å². The molecular formula is C15H29F3N2. The smallest absolute Gasteiger partial charge is 0.313 e. The summed E-state index contributed by atoms with van der Waals surface area (Å²) >= 11 is 0. The second-order valence-electron chi connectivity index (χ2n) is 6.05. The Kier molecular flexibility index (Phi) is 7.30. The average Bonchev–Trinajstić information content (AvgIpc) is 2.42. The number of hydrogen-bond acceptors (Lipinski definition) is 2. The molecule has 1 unspecified atom stereocenters. The Balaban J connectivity index is 2.21. The SMILES string of the molecule is CCN(CC)CC(C)NCC1CCC(C(F)(F)F)CC1. The minimum Gasteiger partial charge on any atom is -0.313 e. The first-order valence-corrected chi connectivity index (χ1v) is 7.89. The summed E-state index contributed by atoms with van der Waals surface area (Å²) in [5.41, 5.74) is 0. The topological polar surface area (TPSA) is 15.3 Å². The van der Waals surface area contributed by atoms with Gasteiger partial charge in [-0.3, -0.25) is 0 Å². The third-order valence-corrected chi connectivity index (χ3v) is 4.49. The van der Waals surface area contributed by atoms with E-state index in [1.807, 2.05) is 0 Å². The maximum absolute atomic E-state index is 12.6. The van der Waals surface area contributed by atoms with Gasteiger partial charge in [-0.25, -0.2) is 0 Å². The summed E-state index contributed by atoms with van der Waals surface area (Å²) in [6.45, 7) is 10.4. The summed E-state index contributed by atoms with van der Waals surface area (Å²) < 4.78 is 37.7. The van der Waals surface area contributed by atoms with Crippen LogP contribution in [0.1, 0.15) is 46.5 Å². The summed E-state index contributed by atoms with van der Waals surface area (Å²) in [5, 5.41) is 3.48. The molecule has 1 N–H and O–H groups in total. The summed E-state index contributed by atoms with van der Waals surface area (Å²) in [5.74, 6) is -0.653. The summed E-state index contributed by atoms with van der Waals surface area (Å²) in [6.07, 6.45) is -1.97. The molecule has 0 aromatic heterocycles. The molecule has 1 rings (SSSR count). The molecule has 0 aromatic rings. The normalized spacial score (nSPS) is 25.9. The number of hydrogen-bond donors (Lipinski definition) is 1. The Morgan fingerprint density at radius 1 is 1.10 bits per heavy atom. The monoisotopic (exact) mass is 294 g/mol. The molecule has 0 spiro atoms. The predicted octanol–water partition coefficient (Wildman–Crippen LogP) is 3.68. The lowest BCUT2D eigenvalue weighted by molar-refractivity contribution is -0.183. The van der Waals surface area contributed by atoms with Gasteiger partial charge in [0.1, 0.15) is 0 Å². The van der Waals surface area contributed by atoms with Crippen LogP contribution in [0.25, 0.3) is 0 Å². The van der Waals surface area contributed by atoms with E-state index in [-0.39, 0.29) is 0 Å². The fourth-order valence-corrected chi connectivity index (χ4v) is 3.00. The van der Waals surface area contributed by atoms with Gasteiger partial charge in [-0.2, -0.15) is 13.2 Å². The van der Waals surface area contributed by atoms with Gasteiger partial charge in [0.15, 0.2) is 0 Å². The Labute approximate surface area is 121 Å². The van der Waals surface area contributed by atoms with Gasteiger partial charge in [0.2, 0.25) is 0 Å². The number of halogens is 3. The van der Waals surface area contributed by atoms with Crippen molar-refractivity contribution in [1.29, 1.82) is 0 Å². The molecule has 20 heavy (non-hydrogen) atoms. The Hall–Kier alpha value is -0.290. The number of alkyl halides is 3. The molecule has 2 nitrogen and oxygen atoms in total. The molecule has 1 fully saturated rings. The lowest BCUT2D eigenvalue weighted by atomic mass is 9.81. The molecule has 1 saturated carbocycles. The van der Waals surface area contributed by atoms with E-state index in [4.69, 9.17) is 0 Å². The Bertz CT molecular complexity index is 256. The molecule has 0 amide bonds. The van der Waals surface area contributed by atoms with E-state index in [1.165, 1.54) is 0 Å². The summed E-state index contributed by atoms with van der Waals surface area (Å²) in [6, 6.07) is 0.398. The van der Waals surface area contributed by atoms with Crippen LogP contribution in [-0.2, 0) is 0 Å². The van der Waals surface area contributed by atoms with Crippen LogP contribution in [0, 0.1) is 11.8 Å². The number of rotatable bonds is 7. The Morgan fingerprint density at radius 2 is 1.65 bits per heavy atom. The molecule has 0 radical (unpaired) electrons. The molecule has 1 atom stereocenters. The fraction of sp³-hybridized carbons (Fsp3) is 1.00. The molecule has 0 saturated heterocycles. The predicted molar refractivity (Wildman–Crippen MR) is 76.8 cm³/mol. The first-order valence-electron chi connectivity index (χ1n) is 7.89. The van der Waals surface area contributed by atoms with Crippen LogP contribution in [0.5, 0.6) is 0 Å². The van der Waals surface area contributed by atoms with Crippen LogP contribution in [0.4, 0.5) is 13.2 Å². The van der Waals surface area contributed by atoms with Crippen LogP contribution in [0.15, 0.2) is 0 Å². The van der Waals surface area contributed by atoms with Gasteiger partial charge >= 0.3 is 6.18 Å². The van der Waals surface area contributed by atoms with Crippen LogP contribution >= 0.6 is 0 Å². The van der Waals surface area contributed by atoms with Crippen molar-refractivity contribution in [2.24, 2.45) is 11.8 Å². The van der Waals surface area contributed by atoms with Crippen LogP contribution < -0.4 is 5.32 Å². The minimum atomic E-state index is -3.99. The van der Waals surface area contributed by atoms with Crippen LogP contribution in [-0.4, -0.2) is 43.3 Å². The van der Waals surface area contributed by atoms with Crippen LogP contribution in [0.2, 0.25) is 0 Å². The summed E-state index contributed by atoms with van der Waals surface area (Å²) in [7, 11) is 0. The van der Waals surface area contributed by atoms with Crippen molar-refractivity contribution in [2.45, 2.75) is 58.7 Å². The van der Waals surface area contributed by atoms with E-state index in [0.29, 0.717) is 37.6 Å². The third kappa shape index (κ3) is 6.00. The van der Waals surface area contributed by atoms with E-state index in [0.717, 1.165) is 26.2 Å². The zero-order valence-corrected chi connectivity index (χ0v) is 13.0. The zero-order valence-electron chi connectivity index (χ0n) is 13.0. The van der Waals surface area contributed by atoms with Gasteiger partial charge in [-0.15, -0.1) is 0 Å². The molecule has 5 heteroatoms. The maximum atomic E-state index is 12.6. The van der Waals surface area contributed by atoms with E-state index in [9.17, 15) is 13.2 Å². The van der Waals surface area contributed by atoms with Crippen molar-refractivity contribution in [3.05, 3.63) is 0 Å². The Morgan fingerprint density at radius 3 is 2.10 bits per heavy atom. The lowest BCUT2D eigenvalue weighted by Crippen LogP contribution is -2.41. The third-order valence-electron chi connectivity index (χ3n) is 4.49. The highest BCUT2D eigenvalue weighted by Crippen LogP contribution is 2.39. The quantitative estimate of drug-likeness (QED) is 0.770. The van der Waals surface area contributed by atoms with Crippen molar-refractivity contribution in [2.75, 3.05) is 26.2 Å². The van der Waals surface area contributed by atoms with Crippen molar-refractivity contribution in [3.63, 3.8) is 0 Å². The maximum Gasteiger partial charge on any atom is 0.391 e. The van der Waals surface area contributed by atoms with E-state index in [1.54, 1.807) is 0 Å². The molecule has 0 bridgehead atoms. The fourth-order valence-electron chi connectivity index (χ4n) is 3.00.